The fraction of sp³-hybridized carbons (Fsp3) is 0.0435. The molecule has 1 aromatic heterocycles. The van der Waals surface area contributed by atoms with E-state index >= 15 is 0 Å². The van der Waals surface area contributed by atoms with Gasteiger partial charge in [0, 0.05) is 23.3 Å². The minimum atomic E-state index is -0.434. The van der Waals surface area contributed by atoms with Crippen LogP contribution in [0.1, 0.15) is 15.9 Å². The number of nitrogens with zero attached hydrogens (tertiary/aromatic N) is 2. The number of hydrogen-bond acceptors (Lipinski definition) is 5. The molecule has 0 aliphatic carbocycles. The number of nitro groups is 1. The number of nitrogens with one attached hydrogen (secondary N) is 1. The Labute approximate surface area is 177 Å². The summed E-state index contributed by atoms with van der Waals surface area (Å²) in [5.74, 6) is -0.237. The number of nitro benzene ring substituents is 1. The highest BCUT2D eigenvalue weighted by Crippen LogP contribution is 2.39. The smallest absolute Gasteiger partial charge is 0.269 e. The fourth-order valence-corrected chi connectivity index (χ4v) is 3.96. The maximum atomic E-state index is 12.6. The summed E-state index contributed by atoms with van der Waals surface area (Å²) in [7, 11) is 0. The predicted octanol–water partition coefficient (Wildman–Crippen LogP) is 5.95. The van der Waals surface area contributed by atoms with Crippen molar-refractivity contribution in [2.75, 3.05) is 5.32 Å². The monoisotopic (exact) mass is 415 g/mol. The van der Waals surface area contributed by atoms with Crippen LogP contribution in [0.5, 0.6) is 0 Å². The zero-order chi connectivity index (χ0) is 21.1. The third kappa shape index (κ3) is 4.11. The number of benzene rings is 3. The Bertz CT molecular complexity index is 1200. The van der Waals surface area contributed by atoms with E-state index in [2.05, 4.69) is 10.3 Å². The number of hydrogen-bond donors (Lipinski definition) is 1. The SMILES string of the molecule is Cc1ccc(C(=O)Nc2nc(-c3ccc([N+](=O)[O-])cc3)c(-c3ccccc3)s2)cc1. The van der Waals surface area contributed by atoms with E-state index in [9.17, 15) is 14.9 Å². The maximum Gasteiger partial charge on any atom is 0.269 e. The number of non-ortho nitro benzene ring substituents is 1. The number of amides is 1. The van der Waals surface area contributed by atoms with Crippen LogP contribution in [-0.4, -0.2) is 15.8 Å². The lowest BCUT2D eigenvalue weighted by molar-refractivity contribution is -0.384. The molecule has 148 valence electrons. The molecule has 4 rings (SSSR count). The van der Waals surface area contributed by atoms with Gasteiger partial charge in [-0.05, 0) is 36.8 Å². The van der Waals surface area contributed by atoms with E-state index in [0.717, 1.165) is 21.6 Å². The lowest BCUT2D eigenvalue weighted by Crippen LogP contribution is -2.11. The highest BCUT2D eigenvalue weighted by atomic mass is 32.1. The van der Waals surface area contributed by atoms with Crippen molar-refractivity contribution < 1.29 is 9.72 Å². The second-order valence-electron chi connectivity index (χ2n) is 6.69. The van der Waals surface area contributed by atoms with Gasteiger partial charge in [-0.3, -0.25) is 20.2 Å². The zero-order valence-corrected chi connectivity index (χ0v) is 16.8. The summed E-state index contributed by atoms with van der Waals surface area (Å²) < 4.78 is 0. The highest BCUT2D eigenvalue weighted by Gasteiger charge is 2.18. The molecular formula is C23H17N3O3S. The van der Waals surface area contributed by atoms with Crippen molar-refractivity contribution in [3.05, 3.63) is 100 Å². The molecule has 0 radical (unpaired) electrons. The Balaban J connectivity index is 1.71. The van der Waals surface area contributed by atoms with Crippen LogP contribution >= 0.6 is 11.3 Å². The van der Waals surface area contributed by atoms with Gasteiger partial charge in [-0.25, -0.2) is 4.98 Å². The van der Waals surface area contributed by atoms with Gasteiger partial charge in [0.2, 0.25) is 0 Å². The van der Waals surface area contributed by atoms with Crippen molar-refractivity contribution in [3.63, 3.8) is 0 Å². The first kappa shape index (κ1) is 19.5. The molecule has 0 aliphatic rings. The van der Waals surface area contributed by atoms with Gasteiger partial charge < -0.3 is 0 Å². The zero-order valence-electron chi connectivity index (χ0n) is 16.0. The summed E-state index contributed by atoms with van der Waals surface area (Å²) in [6.45, 7) is 1.96. The molecule has 0 aliphatic heterocycles. The molecule has 0 saturated carbocycles. The van der Waals surface area contributed by atoms with Crippen LogP contribution in [0, 0.1) is 17.0 Å². The number of rotatable bonds is 5. The van der Waals surface area contributed by atoms with Crippen molar-refractivity contribution in [1.82, 2.24) is 4.98 Å². The van der Waals surface area contributed by atoms with Crippen LogP contribution in [0.15, 0.2) is 78.9 Å². The van der Waals surface area contributed by atoms with Crippen LogP contribution < -0.4 is 5.32 Å². The summed E-state index contributed by atoms with van der Waals surface area (Å²) in [4.78, 5) is 28.7. The first-order chi connectivity index (χ1) is 14.5. The molecule has 0 atom stereocenters. The molecule has 0 fully saturated rings. The normalized spacial score (nSPS) is 10.6. The average molecular weight is 415 g/mol. The van der Waals surface area contributed by atoms with E-state index in [4.69, 9.17) is 0 Å². The molecule has 30 heavy (non-hydrogen) atoms. The molecule has 0 bridgehead atoms. The molecule has 1 amide bonds. The average Bonchev–Trinajstić information content (AvgIpc) is 3.18. The number of anilines is 1. The van der Waals surface area contributed by atoms with Crippen LogP contribution in [0.25, 0.3) is 21.7 Å². The Morgan fingerprint density at radius 2 is 1.60 bits per heavy atom. The van der Waals surface area contributed by atoms with Crippen LogP contribution in [-0.2, 0) is 0 Å². The second-order valence-corrected chi connectivity index (χ2v) is 7.69. The van der Waals surface area contributed by atoms with E-state index in [-0.39, 0.29) is 11.6 Å². The van der Waals surface area contributed by atoms with Crippen molar-refractivity contribution in [2.24, 2.45) is 0 Å². The molecule has 6 nitrogen and oxygen atoms in total. The summed E-state index contributed by atoms with van der Waals surface area (Å²) in [6.07, 6.45) is 0. The maximum absolute atomic E-state index is 12.6. The standard InChI is InChI=1S/C23H17N3O3S/c1-15-7-9-18(10-8-15)22(27)25-23-24-20(16-11-13-19(14-12-16)26(28)29)21(30-23)17-5-3-2-4-6-17/h2-14H,1H3,(H,24,25,27). The van der Waals surface area contributed by atoms with Gasteiger partial charge >= 0.3 is 0 Å². The largest absolute Gasteiger partial charge is 0.298 e. The van der Waals surface area contributed by atoms with E-state index in [1.54, 1.807) is 24.3 Å². The summed E-state index contributed by atoms with van der Waals surface area (Å²) in [5.41, 5.74) is 4.01. The topological polar surface area (TPSA) is 85.1 Å². The van der Waals surface area contributed by atoms with Gasteiger partial charge in [-0.1, -0.05) is 59.4 Å². The quantitative estimate of drug-likeness (QED) is 0.323. The van der Waals surface area contributed by atoms with Gasteiger partial charge in [0.25, 0.3) is 11.6 Å². The Morgan fingerprint density at radius 1 is 0.933 bits per heavy atom. The third-order valence-electron chi connectivity index (χ3n) is 4.55. The van der Waals surface area contributed by atoms with Crippen LogP contribution in [0.2, 0.25) is 0 Å². The number of carbonyl (C=O) groups excluding carboxylic acids is 1. The lowest BCUT2D eigenvalue weighted by Gasteiger charge is -2.02. The molecule has 4 aromatic rings. The van der Waals surface area contributed by atoms with Crippen molar-refractivity contribution >= 4 is 28.1 Å². The van der Waals surface area contributed by atoms with Crippen molar-refractivity contribution in [2.45, 2.75) is 6.92 Å². The van der Waals surface area contributed by atoms with Gasteiger partial charge in [-0.2, -0.15) is 0 Å². The van der Waals surface area contributed by atoms with E-state index in [1.807, 2.05) is 49.4 Å². The molecule has 0 saturated heterocycles. The molecular weight excluding hydrogens is 398 g/mol. The highest BCUT2D eigenvalue weighted by molar-refractivity contribution is 7.19. The number of thiazole rings is 1. The Kier molecular flexibility index (Phi) is 5.36. The van der Waals surface area contributed by atoms with Crippen LogP contribution in [0.4, 0.5) is 10.8 Å². The number of aromatic nitrogens is 1. The summed E-state index contributed by atoms with van der Waals surface area (Å²) in [6, 6.07) is 23.3. The van der Waals surface area contributed by atoms with E-state index in [0.29, 0.717) is 16.4 Å². The predicted molar refractivity (Wildman–Crippen MR) is 119 cm³/mol. The van der Waals surface area contributed by atoms with Crippen molar-refractivity contribution in [3.8, 4) is 21.7 Å². The van der Waals surface area contributed by atoms with Crippen LogP contribution in [0.3, 0.4) is 0 Å². The lowest BCUT2D eigenvalue weighted by atomic mass is 10.1. The summed E-state index contributed by atoms with van der Waals surface area (Å²) >= 11 is 1.37. The fourth-order valence-electron chi connectivity index (χ4n) is 2.97. The van der Waals surface area contributed by atoms with Gasteiger partial charge in [0.05, 0.1) is 15.5 Å². The molecule has 0 spiro atoms. The number of carbonyl (C=O) groups is 1. The van der Waals surface area contributed by atoms with Crippen molar-refractivity contribution in [1.29, 1.82) is 0 Å². The first-order valence-electron chi connectivity index (χ1n) is 9.20. The molecule has 0 unspecified atom stereocenters. The first-order valence-corrected chi connectivity index (χ1v) is 10.0. The molecule has 1 N–H and O–H groups in total. The van der Waals surface area contributed by atoms with E-state index in [1.165, 1.54) is 23.5 Å². The van der Waals surface area contributed by atoms with Gasteiger partial charge in [-0.15, -0.1) is 0 Å². The Morgan fingerprint density at radius 3 is 2.23 bits per heavy atom. The molecule has 3 aromatic carbocycles. The third-order valence-corrected chi connectivity index (χ3v) is 5.57. The molecule has 7 heteroatoms. The van der Waals surface area contributed by atoms with Gasteiger partial charge in [0.15, 0.2) is 5.13 Å². The van der Waals surface area contributed by atoms with Gasteiger partial charge in [0.1, 0.15) is 0 Å². The second kappa shape index (κ2) is 8.26. The summed E-state index contributed by atoms with van der Waals surface area (Å²) in [5, 5.41) is 14.3. The number of aryl methyl sites for hydroxylation is 1. The molecule has 1 heterocycles. The minimum absolute atomic E-state index is 0.0168. The Hall–Kier alpha value is -3.84. The van der Waals surface area contributed by atoms with E-state index < -0.39 is 4.92 Å². The minimum Gasteiger partial charge on any atom is -0.298 e.